The maximum absolute atomic E-state index is 12.9. The van der Waals surface area contributed by atoms with Gasteiger partial charge in [0.15, 0.2) is 0 Å². The third-order valence-electron chi connectivity index (χ3n) is 10.8. The molecule has 4 aliphatic rings. The summed E-state index contributed by atoms with van der Waals surface area (Å²) >= 11 is 0. The van der Waals surface area contributed by atoms with E-state index >= 15 is 0 Å². The molecule has 1 amide bonds. The van der Waals surface area contributed by atoms with Crippen molar-refractivity contribution in [3.63, 3.8) is 0 Å². The Morgan fingerprint density at radius 3 is 2.29 bits per heavy atom. The number of ketones is 1. The summed E-state index contributed by atoms with van der Waals surface area (Å²) < 4.78 is 5.98. The summed E-state index contributed by atoms with van der Waals surface area (Å²) in [5.74, 6) is 2.67. The molecule has 0 radical (unpaired) electrons. The number of nitrogens with two attached hydrogens (primary N) is 1. The topological polar surface area (TPSA) is 98.5 Å². The van der Waals surface area contributed by atoms with E-state index < -0.39 is 6.04 Å². The highest BCUT2D eigenvalue weighted by molar-refractivity contribution is 5.85. The van der Waals surface area contributed by atoms with Gasteiger partial charge in [0.05, 0.1) is 6.54 Å². The molecule has 0 saturated heterocycles. The summed E-state index contributed by atoms with van der Waals surface area (Å²) in [6, 6.07) is -0.646. The minimum Gasteiger partial charge on any atom is -0.461 e. The second-order valence-electron chi connectivity index (χ2n) is 12.8. The highest BCUT2D eigenvalue weighted by Gasteiger charge is 2.61. The standard InChI is InChI=1S/C28H46N2O4/c1-16(2)25(30-24(32)15-29)26(33)34-19-10-12-27(4)18(14-19)6-7-20-22-9-8-21(17(3)31)28(22,5)13-11-23(20)27/h16,18-23,25H,6-15,29H2,1-5H3,(H,30,32)/t18-,19+,20?,21+,22?,23?,25-,27-,28+/m0/s1. The van der Waals surface area contributed by atoms with Crippen molar-refractivity contribution in [2.45, 2.75) is 105 Å². The highest BCUT2D eigenvalue weighted by atomic mass is 16.5. The molecule has 4 aliphatic carbocycles. The number of esters is 1. The molecule has 4 fully saturated rings. The minimum atomic E-state index is -0.646. The minimum absolute atomic E-state index is 0.0471. The second kappa shape index (κ2) is 9.55. The molecule has 4 saturated carbocycles. The van der Waals surface area contributed by atoms with Crippen LogP contribution in [0.4, 0.5) is 0 Å². The predicted octanol–water partition coefficient (Wildman–Crippen LogP) is 4.25. The zero-order valence-corrected chi connectivity index (χ0v) is 21.9. The lowest BCUT2D eigenvalue weighted by Gasteiger charge is -2.61. The summed E-state index contributed by atoms with van der Waals surface area (Å²) in [6.45, 7) is 10.4. The van der Waals surface area contributed by atoms with E-state index in [1.807, 2.05) is 13.8 Å². The van der Waals surface area contributed by atoms with Crippen molar-refractivity contribution in [3.8, 4) is 0 Å². The van der Waals surface area contributed by atoms with Crippen LogP contribution >= 0.6 is 0 Å². The number of Topliss-reactive ketones (excluding diaryl/α,β-unsaturated/α-hetero) is 1. The number of hydrogen-bond acceptors (Lipinski definition) is 5. The highest BCUT2D eigenvalue weighted by Crippen LogP contribution is 2.67. The number of carbonyl (C=O) groups excluding carboxylic acids is 3. The monoisotopic (exact) mass is 474 g/mol. The molecular weight excluding hydrogens is 428 g/mol. The van der Waals surface area contributed by atoms with Gasteiger partial charge < -0.3 is 15.8 Å². The van der Waals surface area contributed by atoms with Crippen molar-refractivity contribution in [3.05, 3.63) is 0 Å². The molecule has 3 unspecified atom stereocenters. The third-order valence-corrected chi connectivity index (χ3v) is 10.8. The molecule has 0 heterocycles. The predicted molar refractivity (Wildman–Crippen MR) is 132 cm³/mol. The van der Waals surface area contributed by atoms with Crippen molar-refractivity contribution in [2.75, 3.05) is 6.54 Å². The lowest BCUT2D eigenvalue weighted by atomic mass is 9.44. The molecule has 192 valence electrons. The van der Waals surface area contributed by atoms with Gasteiger partial charge in [-0.3, -0.25) is 9.59 Å². The maximum Gasteiger partial charge on any atom is 0.329 e. The average molecular weight is 475 g/mol. The quantitative estimate of drug-likeness (QED) is 0.561. The normalized spacial score (nSPS) is 42.2. The number of amides is 1. The van der Waals surface area contributed by atoms with Crippen molar-refractivity contribution in [1.82, 2.24) is 5.32 Å². The Kier molecular flexibility index (Phi) is 7.21. The van der Waals surface area contributed by atoms with Crippen molar-refractivity contribution < 1.29 is 19.1 Å². The number of nitrogens with one attached hydrogen (secondary N) is 1. The first-order valence-corrected chi connectivity index (χ1v) is 13.7. The second-order valence-corrected chi connectivity index (χ2v) is 12.8. The van der Waals surface area contributed by atoms with Crippen LogP contribution in [0.5, 0.6) is 0 Å². The number of hydrogen-bond donors (Lipinski definition) is 2. The fourth-order valence-electron chi connectivity index (χ4n) is 8.96. The Morgan fingerprint density at radius 1 is 0.971 bits per heavy atom. The van der Waals surface area contributed by atoms with E-state index in [1.165, 1.54) is 32.1 Å². The summed E-state index contributed by atoms with van der Waals surface area (Å²) in [6.07, 6.45) is 10.0. The zero-order chi connectivity index (χ0) is 24.8. The van der Waals surface area contributed by atoms with E-state index in [0.717, 1.165) is 37.5 Å². The molecule has 0 aliphatic heterocycles. The molecule has 0 spiro atoms. The van der Waals surface area contributed by atoms with E-state index in [0.29, 0.717) is 23.0 Å². The zero-order valence-electron chi connectivity index (χ0n) is 21.9. The number of fused-ring (bicyclic) bond motifs is 5. The molecule has 0 aromatic carbocycles. The van der Waals surface area contributed by atoms with Crippen LogP contribution in [0.1, 0.15) is 92.4 Å². The number of carbonyl (C=O) groups is 3. The molecule has 0 bridgehead atoms. The summed E-state index contributed by atoms with van der Waals surface area (Å²) in [4.78, 5) is 37.1. The van der Waals surface area contributed by atoms with Gasteiger partial charge in [-0.25, -0.2) is 4.79 Å². The van der Waals surface area contributed by atoms with E-state index in [9.17, 15) is 14.4 Å². The Morgan fingerprint density at radius 2 is 1.65 bits per heavy atom. The van der Waals surface area contributed by atoms with Gasteiger partial charge in [-0.05, 0) is 105 Å². The van der Waals surface area contributed by atoms with Crippen molar-refractivity contribution in [2.24, 2.45) is 52.1 Å². The Bertz CT molecular complexity index is 812. The molecule has 9 atom stereocenters. The summed E-state index contributed by atoms with van der Waals surface area (Å²) in [7, 11) is 0. The van der Waals surface area contributed by atoms with E-state index in [-0.39, 0.29) is 41.8 Å². The smallest absolute Gasteiger partial charge is 0.329 e. The van der Waals surface area contributed by atoms with Crippen LogP contribution in [0.3, 0.4) is 0 Å². The molecule has 0 aromatic rings. The van der Waals surface area contributed by atoms with Gasteiger partial charge in [-0.1, -0.05) is 27.7 Å². The van der Waals surface area contributed by atoms with Gasteiger partial charge >= 0.3 is 5.97 Å². The fourth-order valence-corrected chi connectivity index (χ4v) is 8.96. The van der Waals surface area contributed by atoms with Gasteiger partial charge in [0.25, 0.3) is 0 Å². The van der Waals surface area contributed by atoms with Gasteiger partial charge in [0.2, 0.25) is 5.91 Å². The Labute approximate surface area is 205 Å². The average Bonchev–Trinajstić information content (AvgIpc) is 3.14. The molecule has 3 N–H and O–H groups in total. The van der Waals surface area contributed by atoms with Crippen LogP contribution < -0.4 is 11.1 Å². The third kappa shape index (κ3) is 4.33. The maximum atomic E-state index is 12.9. The van der Waals surface area contributed by atoms with Gasteiger partial charge in [-0.2, -0.15) is 0 Å². The molecule has 4 rings (SSSR count). The van der Waals surface area contributed by atoms with E-state index in [1.54, 1.807) is 6.92 Å². The molecular formula is C28H46N2O4. The van der Waals surface area contributed by atoms with Crippen molar-refractivity contribution >= 4 is 17.7 Å². The molecule has 6 nitrogen and oxygen atoms in total. The van der Waals surface area contributed by atoms with Gasteiger partial charge in [0, 0.05) is 5.92 Å². The lowest BCUT2D eigenvalue weighted by molar-refractivity contribution is -0.166. The van der Waals surface area contributed by atoms with E-state index in [2.05, 4.69) is 19.2 Å². The summed E-state index contributed by atoms with van der Waals surface area (Å²) in [5.41, 5.74) is 5.92. The SMILES string of the molecule is CC(=O)[C@H]1CCC2C3CC[C@H]4C[C@H](OC(=O)[C@@H](NC(=O)CN)C(C)C)CC[C@]4(C)C3CC[C@@]21C. The first-order valence-electron chi connectivity index (χ1n) is 13.7. The van der Waals surface area contributed by atoms with Crippen LogP contribution in [-0.4, -0.2) is 36.4 Å². The van der Waals surface area contributed by atoms with Crippen LogP contribution in [0, 0.1) is 46.3 Å². The van der Waals surface area contributed by atoms with Gasteiger partial charge in [-0.15, -0.1) is 0 Å². The molecule has 34 heavy (non-hydrogen) atoms. The Hall–Kier alpha value is -1.43. The van der Waals surface area contributed by atoms with Gasteiger partial charge in [0.1, 0.15) is 17.9 Å². The van der Waals surface area contributed by atoms with Crippen molar-refractivity contribution in [1.29, 1.82) is 0 Å². The number of ether oxygens (including phenoxy) is 1. The molecule has 6 heteroatoms. The fraction of sp³-hybridized carbons (Fsp3) is 0.893. The van der Waals surface area contributed by atoms with Crippen LogP contribution in [0.15, 0.2) is 0 Å². The van der Waals surface area contributed by atoms with E-state index in [4.69, 9.17) is 10.5 Å². The molecule has 0 aromatic heterocycles. The first kappa shape index (κ1) is 25.7. The van der Waals surface area contributed by atoms with Crippen LogP contribution in [0.2, 0.25) is 0 Å². The summed E-state index contributed by atoms with van der Waals surface area (Å²) in [5, 5.41) is 2.73. The first-order chi connectivity index (χ1) is 16.0. The lowest BCUT2D eigenvalue weighted by Crippen LogP contribution is -2.55. The largest absolute Gasteiger partial charge is 0.461 e. The number of rotatable bonds is 6. The van der Waals surface area contributed by atoms with Crippen LogP contribution in [0.25, 0.3) is 0 Å². The van der Waals surface area contributed by atoms with Crippen LogP contribution in [-0.2, 0) is 19.1 Å². The Balaban J connectivity index is 1.42.